The number of ether oxygens (including phenoxy) is 3. The summed E-state index contributed by atoms with van der Waals surface area (Å²) in [5.74, 6) is 0.651. The minimum atomic E-state index is -3.96. The van der Waals surface area contributed by atoms with E-state index < -0.39 is 15.9 Å². The van der Waals surface area contributed by atoms with Crippen LogP contribution >= 0.6 is 11.3 Å². The zero-order valence-corrected chi connectivity index (χ0v) is 23.0. The molecule has 3 aromatic rings. The van der Waals surface area contributed by atoms with Crippen molar-refractivity contribution in [3.05, 3.63) is 47.0 Å². The van der Waals surface area contributed by atoms with E-state index in [0.717, 1.165) is 22.5 Å². The first-order chi connectivity index (χ1) is 17.7. The van der Waals surface area contributed by atoms with E-state index in [1.54, 1.807) is 12.1 Å². The van der Waals surface area contributed by atoms with Gasteiger partial charge in [-0.25, -0.2) is 0 Å². The van der Waals surface area contributed by atoms with Crippen LogP contribution in [0.25, 0.3) is 0 Å². The van der Waals surface area contributed by atoms with Crippen molar-refractivity contribution in [3.63, 3.8) is 0 Å². The molecule has 2 aromatic carbocycles. The number of carbonyl (C=O) groups excluding carboxylic acids is 1. The van der Waals surface area contributed by atoms with Crippen LogP contribution in [-0.4, -0.2) is 50.4 Å². The summed E-state index contributed by atoms with van der Waals surface area (Å²) >= 11 is 0.799. The van der Waals surface area contributed by atoms with Crippen LogP contribution in [0.4, 0.5) is 10.8 Å². The Kier molecular flexibility index (Phi) is 7.88. The maximum absolute atomic E-state index is 13.5. The number of hydrogen-bond acceptors (Lipinski definition) is 9. The second-order valence-corrected chi connectivity index (χ2v) is 11.4. The molecule has 0 saturated carbocycles. The molecule has 0 saturated heterocycles. The Morgan fingerprint density at radius 1 is 1.05 bits per heavy atom. The number of benzene rings is 2. The lowest BCUT2D eigenvalue weighted by atomic mass is 10.1. The van der Waals surface area contributed by atoms with E-state index in [1.807, 2.05) is 52.8 Å². The number of sulfonamides is 1. The summed E-state index contributed by atoms with van der Waals surface area (Å²) in [7, 11) is -3.96. The van der Waals surface area contributed by atoms with Crippen LogP contribution in [-0.2, 0) is 16.4 Å². The monoisotopic (exact) mass is 546 g/mol. The Hall–Kier alpha value is -3.38. The number of fused-ring (bicyclic) bond motifs is 1. The molecule has 12 heteroatoms. The second kappa shape index (κ2) is 10.9. The van der Waals surface area contributed by atoms with Gasteiger partial charge >= 0.3 is 0 Å². The quantitative estimate of drug-likeness (QED) is 0.371. The zero-order valence-electron chi connectivity index (χ0n) is 21.4. The first-order valence-corrected chi connectivity index (χ1v) is 14.3. The maximum atomic E-state index is 13.5. The molecule has 2 heterocycles. The summed E-state index contributed by atoms with van der Waals surface area (Å²) in [6.45, 7) is 10.5. The van der Waals surface area contributed by atoms with Gasteiger partial charge in [0.25, 0.3) is 20.3 Å². The number of rotatable bonds is 10. The molecule has 1 aromatic heterocycles. The van der Waals surface area contributed by atoms with E-state index >= 15 is 0 Å². The van der Waals surface area contributed by atoms with Crippen LogP contribution in [0, 0.1) is 6.92 Å². The molecule has 0 fully saturated rings. The zero-order chi connectivity index (χ0) is 26.7. The first-order valence-electron chi connectivity index (χ1n) is 12.0. The minimum absolute atomic E-state index is 0.0596. The molecule has 4 rings (SSSR count). The van der Waals surface area contributed by atoms with Crippen molar-refractivity contribution in [1.82, 2.24) is 10.2 Å². The summed E-state index contributed by atoms with van der Waals surface area (Å²) in [4.78, 5) is 13.1. The molecule has 1 atom stereocenters. The van der Waals surface area contributed by atoms with E-state index in [-0.39, 0.29) is 21.1 Å². The predicted molar refractivity (Wildman–Crippen MR) is 142 cm³/mol. The van der Waals surface area contributed by atoms with Crippen molar-refractivity contribution >= 4 is 38.1 Å². The highest BCUT2D eigenvalue weighted by molar-refractivity contribution is 7.94. The van der Waals surface area contributed by atoms with Gasteiger partial charge in [0.15, 0.2) is 11.5 Å². The Morgan fingerprint density at radius 2 is 1.70 bits per heavy atom. The average molecular weight is 547 g/mol. The van der Waals surface area contributed by atoms with Crippen molar-refractivity contribution < 1.29 is 27.4 Å². The number of nitrogens with one attached hydrogen (secondary N) is 1. The fourth-order valence-corrected chi connectivity index (χ4v) is 6.90. The Balaban J connectivity index is 1.59. The number of nitrogens with zero attached hydrogens (tertiary/aromatic N) is 3. The largest absolute Gasteiger partial charge is 0.490 e. The molecule has 198 valence electrons. The summed E-state index contributed by atoms with van der Waals surface area (Å²) in [5, 5.41) is 10.5. The lowest BCUT2D eigenvalue weighted by Gasteiger charge is -2.22. The molecule has 0 spiro atoms. The van der Waals surface area contributed by atoms with Crippen molar-refractivity contribution in [2.75, 3.05) is 29.4 Å². The van der Waals surface area contributed by atoms with Gasteiger partial charge in [-0.05, 0) is 64.8 Å². The minimum Gasteiger partial charge on any atom is -0.490 e. The van der Waals surface area contributed by atoms with Crippen LogP contribution in [0.5, 0.6) is 17.2 Å². The first kappa shape index (κ1) is 26.7. The molecule has 1 amide bonds. The Morgan fingerprint density at radius 3 is 2.32 bits per heavy atom. The highest BCUT2D eigenvalue weighted by atomic mass is 32.2. The Bertz CT molecular complexity index is 1380. The van der Waals surface area contributed by atoms with E-state index in [4.69, 9.17) is 14.2 Å². The van der Waals surface area contributed by atoms with Crippen LogP contribution in [0.3, 0.4) is 0 Å². The van der Waals surface area contributed by atoms with Crippen LogP contribution in [0.15, 0.2) is 34.7 Å². The fraction of sp³-hybridized carbons (Fsp3) is 0.400. The molecular formula is C25H30N4O6S2. The summed E-state index contributed by atoms with van der Waals surface area (Å²) in [5.41, 5.74) is 2.92. The molecule has 0 aliphatic carbocycles. The van der Waals surface area contributed by atoms with Gasteiger partial charge < -0.3 is 14.2 Å². The molecule has 0 radical (unpaired) electrons. The van der Waals surface area contributed by atoms with E-state index in [1.165, 1.54) is 4.31 Å². The third-order valence-corrected chi connectivity index (χ3v) is 8.78. The van der Waals surface area contributed by atoms with Gasteiger partial charge in [-0.1, -0.05) is 29.0 Å². The smallest absolute Gasteiger partial charge is 0.293 e. The summed E-state index contributed by atoms with van der Waals surface area (Å²) in [6, 6.07) is 8.53. The van der Waals surface area contributed by atoms with Crippen LogP contribution in [0.2, 0.25) is 0 Å². The van der Waals surface area contributed by atoms with Crippen molar-refractivity contribution in [1.29, 1.82) is 0 Å². The molecular weight excluding hydrogens is 516 g/mol. The number of aryl methyl sites for hydroxylation is 1. The average Bonchev–Trinajstić information content (AvgIpc) is 3.45. The third kappa shape index (κ3) is 5.35. The van der Waals surface area contributed by atoms with Gasteiger partial charge in [0.1, 0.15) is 0 Å². The van der Waals surface area contributed by atoms with Crippen LogP contribution in [0.1, 0.15) is 49.2 Å². The molecule has 37 heavy (non-hydrogen) atoms. The third-order valence-electron chi connectivity index (χ3n) is 5.67. The number of carbonyl (C=O) groups is 1. The Labute approximate surface area is 220 Å². The predicted octanol–water partition coefficient (Wildman–Crippen LogP) is 4.43. The van der Waals surface area contributed by atoms with Crippen molar-refractivity contribution in [3.8, 4) is 17.2 Å². The van der Waals surface area contributed by atoms with Gasteiger partial charge in [0.05, 0.1) is 25.5 Å². The van der Waals surface area contributed by atoms with Gasteiger partial charge in [-0.15, -0.1) is 10.2 Å². The van der Waals surface area contributed by atoms with Crippen molar-refractivity contribution in [2.24, 2.45) is 0 Å². The molecule has 1 aliphatic rings. The van der Waals surface area contributed by atoms with E-state index in [9.17, 15) is 13.2 Å². The molecule has 1 aliphatic heterocycles. The van der Waals surface area contributed by atoms with Crippen LogP contribution < -0.4 is 23.8 Å². The van der Waals surface area contributed by atoms with Gasteiger partial charge in [-0.2, -0.15) is 8.42 Å². The number of amides is 1. The highest BCUT2D eigenvalue weighted by Gasteiger charge is 2.38. The van der Waals surface area contributed by atoms with E-state index in [2.05, 4.69) is 15.5 Å². The lowest BCUT2D eigenvalue weighted by Crippen LogP contribution is -2.35. The van der Waals surface area contributed by atoms with Gasteiger partial charge in [0.2, 0.25) is 10.9 Å². The van der Waals surface area contributed by atoms with Crippen molar-refractivity contribution in [2.45, 2.75) is 51.4 Å². The lowest BCUT2D eigenvalue weighted by molar-refractivity contribution is 0.102. The van der Waals surface area contributed by atoms with Gasteiger partial charge in [0, 0.05) is 11.6 Å². The standard InChI is InChI=1S/C25H30N4O6S2/c1-6-33-20-13-18(14-21(34-7-2)22(20)35-8-3)23(30)26-24-27-28-25(36-24)37(31,32)29-16(5)12-17-11-15(4)9-10-19(17)29/h9-11,13-14,16H,6-8,12H2,1-5H3,(H,26,27,30)/t16-/m1/s1. The molecule has 0 unspecified atom stereocenters. The second-order valence-electron chi connectivity index (χ2n) is 8.41. The highest BCUT2D eigenvalue weighted by Crippen LogP contribution is 2.40. The SMILES string of the molecule is CCOc1cc(C(=O)Nc2nnc(S(=O)(=O)N3c4ccc(C)cc4C[C@H]3C)s2)cc(OCC)c1OCC. The van der Waals surface area contributed by atoms with Gasteiger partial charge in [-0.3, -0.25) is 14.4 Å². The van der Waals surface area contributed by atoms with E-state index in [0.29, 0.717) is 49.2 Å². The molecule has 10 nitrogen and oxygen atoms in total. The maximum Gasteiger partial charge on any atom is 0.293 e. The molecule has 1 N–H and O–H groups in total. The fourth-order valence-electron chi connectivity index (χ4n) is 4.24. The number of anilines is 2. The summed E-state index contributed by atoms with van der Waals surface area (Å²) < 4.78 is 45.2. The normalized spacial score (nSPS) is 14.8. The summed E-state index contributed by atoms with van der Waals surface area (Å²) in [6.07, 6.45) is 0.612. The topological polar surface area (TPSA) is 120 Å². The molecule has 0 bridgehead atoms. The number of hydrogen-bond donors (Lipinski definition) is 1. The number of aromatic nitrogens is 2.